The van der Waals surface area contributed by atoms with Crippen molar-refractivity contribution in [3.05, 3.63) is 24.3 Å². The molecular formula is C57H108O9. The number of carbonyl (C=O) groups excluding carboxylic acids is 1. The molecule has 6 unspecified atom stereocenters. The van der Waals surface area contributed by atoms with Crippen molar-refractivity contribution in [1.29, 1.82) is 0 Å². The second-order valence-electron chi connectivity index (χ2n) is 19.7. The lowest BCUT2D eigenvalue weighted by Crippen LogP contribution is -2.59. The normalized spacial score (nSPS) is 19.4. The molecule has 0 amide bonds. The minimum Gasteiger partial charge on any atom is -0.457 e. The summed E-state index contributed by atoms with van der Waals surface area (Å²) >= 11 is 0. The summed E-state index contributed by atoms with van der Waals surface area (Å²) in [6, 6.07) is 0. The van der Waals surface area contributed by atoms with E-state index in [1.165, 1.54) is 212 Å². The van der Waals surface area contributed by atoms with E-state index in [4.69, 9.17) is 18.9 Å². The third-order valence-corrected chi connectivity index (χ3v) is 13.4. The van der Waals surface area contributed by atoms with Crippen LogP contribution in [0.1, 0.15) is 271 Å². The third-order valence-electron chi connectivity index (χ3n) is 13.4. The van der Waals surface area contributed by atoms with Crippen molar-refractivity contribution < 1.29 is 44.2 Å². The Labute approximate surface area is 407 Å². The molecule has 1 heterocycles. The van der Waals surface area contributed by atoms with Crippen molar-refractivity contribution in [2.75, 3.05) is 26.4 Å². The average Bonchev–Trinajstić information content (AvgIpc) is 3.32. The number of aliphatic hydroxyl groups excluding tert-OH is 4. The van der Waals surface area contributed by atoms with Crippen molar-refractivity contribution in [2.45, 2.75) is 307 Å². The number of unbranched alkanes of at least 4 members (excludes halogenated alkanes) is 35. The Bertz CT molecular complexity index is 1070. The van der Waals surface area contributed by atoms with Crippen molar-refractivity contribution in [1.82, 2.24) is 0 Å². The molecule has 0 aliphatic carbocycles. The quantitative estimate of drug-likeness (QED) is 0.0267. The molecule has 0 radical (unpaired) electrons. The third kappa shape index (κ3) is 38.5. The van der Waals surface area contributed by atoms with E-state index in [2.05, 4.69) is 38.2 Å². The van der Waals surface area contributed by atoms with Crippen LogP contribution in [0.3, 0.4) is 0 Å². The van der Waals surface area contributed by atoms with Gasteiger partial charge in [-0.1, -0.05) is 244 Å². The van der Waals surface area contributed by atoms with E-state index in [9.17, 15) is 25.2 Å². The lowest BCUT2D eigenvalue weighted by molar-refractivity contribution is -0.305. The van der Waals surface area contributed by atoms with E-state index < -0.39 is 43.4 Å². The molecule has 4 N–H and O–H groups in total. The fourth-order valence-corrected chi connectivity index (χ4v) is 8.94. The maximum absolute atomic E-state index is 12.9. The molecule has 1 aliphatic rings. The number of aliphatic hydroxyl groups is 4. The first-order valence-electron chi connectivity index (χ1n) is 28.4. The maximum Gasteiger partial charge on any atom is 0.306 e. The highest BCUT2D eigenvalue weighted by Gasteiger charge is 2.44. The predicted octanol–water partition coefficient (Wildman–Crippen LogP) is 14.5. The Morgan fingerprint density at radius 2 is 0.879 bits per heavy atom. The summed E-state index contributed by atoms with van der Waals surface area (Å²) in [7, 11) is 0. The SMILES string of the molecule is CCCCC/C=C\C/C=C\CCCCCCCCCCCC(=O)OC(COCCCCCCCCCCCCCCCCCCCCCCCCCC)COC1OC(CO)C(O)C(O)C1O. The number of carbonyl (C=O) groups is 1. The van der Waals surface area contributed by atoms with Gasteiger partial charge in [-0.05, 0) is 44.9 Å². The van der Waals surface area contributed by atoms with E-state index in [1.54, 1.807) is 0 Å². The summed E-state index contributed by atoms with van der Waals surface area (Å²) in [5.41, 5.74) is 0. The Balaban J connectivity index is 2.14. The van der Waals surface area contributed by atoms with E-state index in [1.807, 2.05) is 0 Å². The van der Waals surface area contributed by atoms with Gasteiger partial charge in [0.2, 0.25) is 0 Å². The largest absolute Gasteiger partial charge is 0.457 e. The number of esters is 1. The molecule has 0 aromatic heterocycles. The summed E-state index contributed by atoms with van der Waals surface area (Å²) < 4.78 is 23.0. The van der Waals surface area contributed by atoms with Crippen LogP contribution in [0.25, 0.3) is 0 Å². The summed E-state index contributed by atoms with van der Waals surface area (Å²) in [6.45, 7) is 4.59. The van der Waals surface area contributed by atoms with Gasteiger partial charge >= 0.3 is 5.97 Å². The molecule has 1 aliphatic heterocycles. The number of hydrogen-bond acceptors (Lipinski definition) is 9. The summed E-state index contributed by atoms with van der Waals surface area (Å²) in [4.78, 5) is 12.9. The Kier molecular flexibility index (Phi) is 46.2. The Hall–Kier alpha value is -1.33. The minimum absolute atomic E-state index is 0.110. The van der Waals surface area contributed by atoms with Gasteiger partial charge in [-0.2, -0.15) is 0 Å². The summed E-state index contributed by atoms with van der Waals surface area (Å²) in [5.74, 6) is -0.312. The molecule has 1 saturated heterocycles. The highest BCUT2D eigenvalue weighted by atomic mass is 16.7. The van der Waals surface area contributed by atoms with Crippen LogP contribution in [-0.4, -0.2) is 89.6 Å². The number of allylic oxidation sites excluding steroid dienone is 4. The van der Waals surface area contributed by atoms with Crippen LogP contribution in [0.5, 0.6) is 0 Å². The predicted molar refractivity (Wildman–Crippen MR) is 275 cm³/mol. The first-order valence-corrected chi connectivity index (χ1v) is 28.4. The topological polar surface area (TPSA) is 135 Å². The lowest BCUT2D eigenvalue weighted by atomic mass is 9.99. The molecule has 1 fully saturated rings. The zero-order valence-corrected chi connectivity index (χ0v) is 43.2. The van der Waals surface area contributed by atoms with Crippen LogP contribution in [0.2, 0.25) is 0 Å². The monoisotopic (exact) mass is 937 g/mol. The highest BCUT2D eigenvalue weighted by Crippen LogP contribution is 2.23. The lowest BCUT2D eigenvalue weighted by Gasteiger charge is -2.39. The first kappa shape index (κ1) is 62.7. The number of ether oxygens (including phenoxy) is 4. The van der Waals surface area contributed by atoms with Crippen LogP contribution in [-0.2, 0) is 23.7 Å². The van der Waals surface area contributed by atoms with Gasteiger partial charge in [-0.3, -0.25) is 4.79 Å². The number of rotatable bonds is 50. The van der Waals surface area contributed by atoms with Crippen molar-refractivity contribution >= 4 is 5.97 Å². The zero-order valence-electron chi connectivity index (χ0n) is 43.2. The minimum atomic E-state index is -1.54. The molecule has 0 bridgehead atoms. The van der Waals surface area contributed by atoms with E-state index in [0.29, 0.717) is 13.0 Å². The second kappa shape index (κ2) is 48.7. The van der Waals surface area contributed by atoms with Gasteiger partial charge in [0, 0.05) is 13.0 Å². The standard InChI is InChI=1S/C57H108O9/c1-3-5-7-9-11-13-15-17-19-21-23-24-25-26-27-29-31-33-35-37-39-41-43-45-47-63-49-51(50-64-57-56(62)55(61)54(60)52(48-58)66-57)65-53(59)46-44-42-40-38-36-34-32-30-28-22-20-18-16-14-12-10-8-6-4-2/h12,14,18,20,51-52,54-58,60-62H,3-11,13,15-17,19,21-50H2,1-2H3/b14-12-,20-18-. The van der Waals surface area contributed by atoms with E-state index >= 15 is 0 Å². The van der Waals surface area contributed by atoms with Gasteiger partial charge in [-0.15, -0.1) is 0 Å². The van der Waals surface area contributed by atoms with Crippen molar-refractivity contribution in [2.24, 2.45) is 0 Å². The van der Waals surface area contributed by atoms with Crippen molar-refractivity contribution in [3.8, 4) is 0 Å². The second-order valence-corrected chi connectivity index (χ2v) is 19.7. The summed E-state index contributed by atoms with van der Waals surface area (Å²) in [6.07, 6.45) is 52.2. The Morgan fingerprint density at radius 1 is 0.485 bits per heavy atom. The molecule has 0 saturated carbocycles. The van der Waals surface area contributed by atoms with Crippen LogP contribution in [0.4, 0.5) is 0 Å². The van der Waals surface area contributed by atoms with Crippen LogP contribution < -0.4 is 0 Å². The molecule has 390 valence electrons. The van der Waals surface area contributed by atoms with Crippen LogP contribution in [0.15, 0.2) is 24.3 Å². The van der Waals surface area contributed by atoms with Crippen molar-refractivity contribution in [3.63, 3.8) is 0 Å². The fraction of sp³-hybridized carbons (Fsp3) is 0.912. The average molecular weight is 937 g/mol. The van der Waals surface area contributed by atoms with Gasteiger partial charge in [0.25, 0.3) is 0 Å². The maximum atomic E-state index is 12.9. The van der Waals surface area contributed by atoms with E-state index in [-0.39, 0.29) is 19.2 Å². The molecule has 9 nitrogen and oxygen atoms in total. The molecule has 9 heteroatoms. The van der Waals surface area contributed by atoms with Gasteiger partial charge < -0.3 is 39.4 Å². The smallest absolute Gasteiger partial charge is 0.306 e. The van der Waals surface area contributed by atoms with Gasteiger partial charge in [0.15, 0.2) is 6.29 Å². The van der Waals surface area contributed by atoms with Crippen LogP contribution in [0, 0.1) is 0 Å². The van der Waals surface area contributed by atoms with Gasteiger partial charge in [-0.25, -0.2) is 0 Å². The highest BCUT2D eigenvalue weighted by molar-refractivity contribution is 5.69. The first-order chi connectivity index (χ1) is 32.4. The zero-order chi connectivity index (χ0) is 47.8. The molecule has 0 aromatic rings. The molecule has 6 atom stereocenters. The fourth-order valence-electron chi connectivity index (χ4n) is 8.94. The Morgan fingerprint density at radius 3 is 1.33 bits per heavy atom. The molecule has 0 aromatic carbocycles. The molecule has 66 heavy (non-hydrogen) atoms. The summed E-state index contributed by atoms with van der Waals surface area (Å²) in [5, 5.41) is 40.3. The molecule has 0 spiro atoms. The van der Waals surface area contributed by atoms with E-state index in [0.717, 1.165) is 38.5 Å². The van der Waals surface area contributed by atoms with Gasteiger partial charge in [0.1, 0.15) is 30.5 Å². The molecular weight excluding hydrogens is 829 g/mol. The molecule has 1 rings (SSSR count). The number of hydrogen-bond donors (Lipinski definition) is 4. The van der Waals surface area contributed by atoms with Crippen LogP contribution >= 0.6 is 0 Å². The van der Waals surface area contributed by atoms with Gasteiger partial charge in [0.05, 0.1) is 19.8 Å².